The van der Waals surface area contributed by atoms with Crippen molar-refractivity contribution in [2.45, 2.75) is 4.90 Å². The Morgan fingerprint density at radius 2 is 1.85 bits per heavy atom. The second-order valence-corrected chi connectivity index (χ2v) is 7.16. The quantitative estimate of drug-likeness (QED) is 0.573. The monoisotopic (exact) mass is 380 g/mol. The maximum Gasteiger partial charge on any atom is 0.225 e. The van der Waals surface area contributed by atoms with E-state index in [1.807, 2.05) is 44.4 Å². The van der Waals surface area contributed by atoms with Crippen LogP contribution in [0.4, 0.5) is 17.5 Å². The Labute approximate surface area is 164 Å². The molecule has 0 aliphatic heterocycles. The van der Waals surface area contributed by atoms with E-state index in [1.165, 1.54) is 4.90 Å². The molecule has 2 heterocycles. The van der Waals surface area contributed by atoms with E-state index in [0.29, 0.717) is 5.95 Å². The summed E-state index contributed by atoms with van der Waals surface area (Å²) in [4.78, 5) is 16.7. The molecule has 0 aliphatic carbocycles. The van der Waals surface area contributed by atoms with Gasteiger partial charge in [-0.15, -0.1) is 11.8 Å². The number of anilines is 3. The lowest BCUT2D eigenvalue weighted by Gasteiger charge is -2.13. The molecule has 0 unspecified atom stereocenters. The molecule has 0 radical (unpaired) electrons. The third kappa shape index (κ3) is 5.67. The van der Waals surface area contributed by atoms with Gasteiger partial charge in [0.15, 0.2) is 0 Å². The predicted octanol–water partition coefficient (Wildman–Crippen LogP) is 3.98. The number of aromatic nitrogens is 3. The number of nitrogens with one attached hydrogen (secondary N) is 2. The van der Waals surface area contributed by atoms with Gasteiger partial charge in [0.1, 0.15) is 5.82 Å². The molecule has 0 amide bonds. The average Bonchev–Trinajstić information content (AvgIpc) is 2.68. The van der Waals surface area contributed by atoms with E-state index in [0.717, 1.165) is 35.9 Å². The third-order valence-corrected chi connectivity index (χ3v) is 4.61. The van der Waals surface area contributed by atoms with Gasteiger partial charge in [0, 0.05) is 47.7 Å². The summed E-state index contributed by atoms with van der Waals surface area (Å²) in [5.74, 6) is 1.36. The van der Waals surface area contributed by atoms with E-state index < -0.39 is 0 Å². The zero-order valence-corrected chi connectivity index (χ0v) is 16.6. The number of likely N-dealkylation sites (N-methyl/N-ethyl adjacent to an activating group) is 1. The van der Waals surface area contributed by atoms with Crippen LogP contribution in [0.2, 0.25) is 0 Å². The van der Waals surface area contributed by atoms with Crippen LogP contribution in [0.3, 0.4) is 0 Å². The summed E-state index contributed by atoms with van der Waals surface area (Å²) in [6.07, 6.45) is 5.61. The number of rotatable bonds is 8. The molecule has 0 atom stereocenters. The normalized spacial score (nSPS) is 10.8. The molecule has 1 aromatic carbocycles. The molecule has 0 fully saturated rings. The van der Waals surface area contributed by atoms with Crippen molar-refractivity contribution < 1.29 is 0 Å². The zero-order valence-electron chi connectivity index (χ0n) is 15.8. The molecule has 0 spiro atoms. The Bertz CT molecular complexity index is 869. The van der Waals surface area contributed by atoms with E-state index in [1.54, 1.807) is 24.2 Å². The van der Waals surface area contributed by atoms with Gasteiger partial charge in [-0.25, -0.2) is 4.98 Å². The summed E-state index contributed by atoms with van der Waals surface area (Å²) in [6.45, 7) is 1.68. The minimum absolute atomic E-state index is 0.606. The molecule has 0 saturated heterocycles. The second kappa shape index (κ2) is 9.34. The van der Waals surface area contributed by atoms with E-state index in [9.17, 15) is 0 Å². The van der Waals surface area contributed by atoms with Gasteiger partial charge in [-0.2, -0.15) is 4.98 Å². The van der Waals surface area contributed by atoms with E-state index in [4.69, 9.17) is 0 Å². The lowest BCUT2D eigenvalue weighted by molar-refractivity contribution is 0.425. The van der Waals surface area contributed by atoms with Crippen LogP contribution in [-0.4, -0.2) is 53.3 Å². The van der Waals surface area contributed by atoms with Crippen LogP contribution in [0.5, 0.6) is 0 Å². The van der Waals surface area contributed by atoms with Crippen LogP contribution in [0.1, 0.15) is 0 Å². The fourth-order valence-corrected chi connectivity index (χ4v) is 2.96. The molecule has 3 aromatic rings. The number of pyridine rings is 1. The van der Waals surface area contributed by atoms with Gasteiger partial charge in [0.2, 0.25) is 5.95 Å². The topological polar surface area (TPSA) is 66.0 Å². The maximum absolute atomic E-state index is 4.66. The fraction of sp³-hybridized carbons (Fsp3) is 0.250. The van der Waals surface area contributed by atoms with Crippen molar-refractivity contribution in [2.24, 2.45) is 0 Å². The largest absolute Gasteiger partial charge is 0.353 e. The minimum Gasteiger partial charge on any atom is -0.353 e. The van der Waals surface area contributed by atoms with Crippen molar-refractivity contribution in [3.63, 3.8) is 0 Å². The molecule has 7 heteroatoms. The summed E-state index contributed by atoms with van der Waals surface area (Å²) < 4.78 is 0. The number of hydrogen-bond acceptors (Lipinski definition) is 7. The number of benzene rings is 1. The van der Waals surface area contributed by atoms with Gasteiger partial charge >= 0.3 is 0 Å². The van der Waals surface area contributed by atoms with Crippen LogP contribution in [0, 0.1) is 0 Å². The molecule has 2 aromatic heterocycles. The SMILES string of the molecule is CSc1cccc(Nc2cc(-c3ccncc3)nc(NCCN(C)C)n2)c1. The van der Waals surface area contributed by atoms with E-state index in [2.05, 4.69) is 48.9 Å². The van der Waals surface area contributed by atoms with Gasteiger partial charge < -0.3 is 15.5 Å². The number of hydrogen-bond donors (Lipinski definition) is 2. The summed E-state index contributed by atoms with van der Waals surface area (Å²) in [7, 11) is 4.09. The minimum atomic E-state index is 0.606. The van der Waals surface area contributed by atoms with Crippen molar-refractivity contribution >= 4 is 29.2 Å². The lowest BCUT2D eigenvalue weighted by Crippen LogP contribution is -2.21. The number of thioether (sulfide) groups is 1. The van der Waals surface area contributed by atoms with Gasteiger partial charge in [-0.05, 0) is 50.7 Å². The predicted molar refractivity (Wildman–Crippen MR) is 114 cm³/mol. The highest BCUT2D eigenvalue weighted by Gasteiger charge is 2.08. The summed E-state index contributed by atoms with van der Waals surface area (Å²) in [6, 6.07) is 14.1. The van der Waals surface area contributed by atoms with Gasteiger partial charge in [-0.1, -0.05) is 6.07 Å². The lowest BCUT2D eigenvalue weighted by atomic mass is 10.2. The molecule has 2 N–H and O–H groups in total. The van der Waals surface area contributed by atoms with Crippen LogP contribution < -0.4 is 10.6 Å². The summed E-state index contributed by atoms with van der Waals surface area (Å²) >= 11 is 1.71. The molecule has 3 rings (SSSR count). The Hall–Kier alpha value is -2.64. The molecule has 27 heavy (non-hydrogen) atoms. The first-order valence-electron chi connectivity index (χ1n) is 8.73. The van der Waals surface area contributed by atoms with E-state index >= 15 is 0 Å². The first-order chi connectivity index (χ1) is 13.1. The number of nitrogens with zero attached hydrogens (tertiary/aromatic N) is 4. The Morgan fingerprint density at radius 3 is 2.59 bits per heavy atom. The Morgan fingerprint density at radius 1 is 1.04 bits per heavy atom. The van der Waals surface area contributed by atoms with Crippen molar-refractivity contribution in [1.82, 2.24) is 19.9 Å². The van der Waals surface area contributed by atoms with Crippen molar-refractivity contribution in [3.05, 3.63) is 54.9 Å². The highest BCUT2D eigenvalue weighted by molar-refractivity contribution is 7.98. The molecule has 6 nitrogen and oxygen atoms in total. The van der Waals surface area contributed by atoms with Crippen molar-refractivity contribution in [1.29, 1.82) is 0 Å². The average molecular weight is 381 g/mol. The maximum atomic E-state index is 4.66. The van der Waals surface area contributed by atoms with Crippen LogP contribution in [0.15, 0.2) is 59.8 Å². The molecule has 0 saturated carbocycles. The first kappa shape index (κ1) is 19.1. The molecular formula is C20H24N6S. The second-order valence-electron chi connectivity index (χ2n) is 6.28. The Kier molecular flexibility index (Phi) is 6.62. The molecule has 0 bridgehead atoms. The molecule has 140 valence electrons. The summed E-state index contributed by atoms with van der Waals surface area (Å²) in [5, 5.41) is 6.71. The van der Waals surface area contributed by atoms with Crippen LogP contribution in [0.25, 0.3) is 11.3 Å². The zero-order chi connectivity index (χ0) is 19.1. The van der Waals surface area contributed by atoms with Crippen molar-refractivity contribution in [2.75, 3.05) is 44.1 Å². The van der Waals surface area contributed by atoms with Gasteiger partial charge in [0.05, 0.1) is 5.69 Å². The third-order valence-electron chi connectivity index (χ3n) is 3.89. The van der Waals surface area contributed by atoms with Crippen LogP contribution in [-0.2, 0) is 0 Å². The highest BCUT2D eigenvalue weighted by Crippen LogP contribution is 2.25. The van der Waals surface area contributed by atoms with E-state index in [-0.39, 0.29) is 0 Å². The summed E-state index contributed by atoms with van der Waals surface area (Å²) in [5.41, 5.74) is 2.85. The first-order valence-corrected chi connectivity index (χ1v) is 9.95. The van der Waals surface area contributed by atoms with Gasteiger partial charge in [-0.3, -0.25) is 4.98 Å². The highest BCUT2D eigenvalue weighted by atomic mass is 32.2. The standard InChI is InChI=1S/C20H24N6S/c1-26(2)12-11-22-20-24-18(15-7-9-21-10-8-15)14-19(25-20)23-16-5-4-6-17(13-16)27-3/h4-10,13-14H,11-12H2,1-3H3,(H2,22,23,24,25). The molecule has 0 aliphatic rings. The van der Waals surface area contributed by atoms with Crippen molar-refractivity contribution in [3.8, 4) is 11.3 Å². The van der Waals surface area contributed by atoms with Crippen LogP contribution >= 0.6 is 11.8 Å². The Balaban J connectivity index is 1.88. The fourth-order valence-electron chi connectivity index (χ4n) is 2.50. The smallest absolute Gasteiger partial charge is 0.225 e. The van der Waals surface area contributed by atoms with Gasteiger partial charge in [0.25, 0.3) is 0 Å². The molecular weight excluding hydrogens is 356 g/mol.